The van der Waals surface area contributed by atoms with E-state index in [1.54, 1.807) is 12.1 Å². The molecule has 1 amide bonds. The van der Waals surface area contributed by atoms with Crippen LogP contribution in [0.2, 0.25) is 0 Å². The third-order valence-electron chi connectivity index (χ3n) is 5.22. The molecule has 0 radical (unpaired) electrons. The van der Waals surface area contributed by atoms with Gasteiger partial charge in [-0.1, -0.05) is 19.1 Å². The van der Waals surface area contributed by atoms with E-state index in [9.17, 15) is 9.18 Å². The average molecular weight is 343 g/mol. The lowest BCUT2D eigenvalue weighted by atomic mass is 9.95. The minimum atomic E-state index is -0.215. The van der Waals surface area contributed by atoms with Crippen LogP contribution in [0.25, 0.3) is 0 Å². The molecule has 5 heteroatoms. The van der Waals surface area contributed by atoms with E-state index in [0.29, 0.717) is 6.42 Å². The van der Waals surface area contributed by atoms with Gasteiger partial charge in [-0.3, -0.25) is 9.89 Å². The topological polar surface area (TPSA) is 49.0 Å². The van der Waals surface area contributed by atoms with Crippen LogP contribution in [0.15, 0.2) is 24.3 Å². The van der Waals surface area contributed by atoms with Gasteiger partial charge < -0.3 is 4.90 Å². The van der Waals surface area contributed by atoms with Crippen LogP contribution in [0.1, 0.15) is 54.6 Å². The second-order valence-corrected chi connectivity index (χ2v) is 7.17. The Morgan fingerprint density at radius 2 is 2.24 bits per heavy atom. The number of aryl methyl sites for hydroxylation is 2. The van der Waals surface area contributed by atoms with Crippen molar-refractivity contribution >= 4 is 5.91 Å². The van der Waals surface area contributed by atoms with Crippen molar-refractivity contribution < 1.29 is 9.18 Å². The number of hydrogen-bond donors (Lipinski definition) is 1. The summed E-state index contributed by atoms with van der Waals surface area (Å²) in [5.74, 6) is 0.112. The van der Waals surface area contributed by atoms with E-state index in [1.807, 2.05) is 24.8 Å². The zero-order valence-corrected chi connectivity index (χ0v) is 15.2. The lowest BCUT2D eigenvalue weighted by molar-refractivity contribution is -0.132. The molecule has 0 bridgehead atoms. The fourth-order valence-electron chi connectivity index (χ4n) is 4.08. The summed E-state index contributed by atoms with van der Waals surface area (Å²) in [7, 11) is 0. The summed E-state index contributed by atoms with van der Waals surface area (Å²) in [5, 5.41) is 7.23. The van der Waals surface area contributed by atoms with Gasteiger partial charge in [0.05, 0.1) is 5.69 Å². The van der Waals surface area contributed by atoms with Crippen molar-refractivity contribution in [2.24, 2.45) is 0 Å². The van der Waals surface area contributed by atoms with Gasteiger partial charge in [-0.15, -0.1) is 0 Å². The monoisotopic (exact) mass is 343 g/mol. The smallest absolute Gasteiger partial charge is 0.223 e. The number of hydrogen-bond acceptors (Lipinski definition) is 2. The maximum Gasteiger partial charge on any atom is 0.223 e. The summed E-state index contributed by atoms with van der Waals surface area (Å²) in [6.07, 6.45) is 3.22. The number of halogens is 1. The Bertz CT molecular complexity index is 736. The number of nitrogens with zero attached hydrogens (tertiary/aromatic N) is 2. The van der Waals surface area contributed by atoms with Crippen molar-refractivity contribution in [1.82, 2.24) is 15.1 Å². The molecule has 1 fully saturated rings. The highest BCUT2D eigenvalue weighted by molar-refractivity contribution is 5.78. The highest BCUT2D eigenvalue weighted by atomic mass is 19.1. The minimum Gasteiger partial charge on any atom is -0.339 e. The summed E-state index contributed by atoms with van der Waals surface area (Å²) < 4.78 is 13.4. The molecule has 2 heterocycles. The number of likely N-dealkylation sites (tertiary alicyclic amines) is 1. The average Bonchev–Trinajstić information content (AvgIpc) is 3.14. The number of amides is 1. The molecule has 1 aliphatic heterocycles. The maximum atomic E-state index is 13.4. The fraction of sp³-hybridized carbons (Fsp3) is 0.500. The van der Waals surface area contributed by atoms with Gasteiger partial charge in [0, 0.05) is 24.7 Å². The van der Waals surface area contributed by atoms with E-state index in [-0.39, 0.29) is 23.7 Å². The molecule has 25 heavy (non-hydrogen) atoms. The van der Waals surface area contributed by atoms with Gasteiger partial charge in [-0.2, -0.15) is 5.10 Å². The third-order valence-corrected chi connectivity index (χ3v) is 5.22. The number of carbonyl (C=O) groups is 1. The Morgan fingerprint density at radius 3 is 2.92 bits per heavy atom. The molecule has 1 N–H and O–H groups in total. The number of carbonyl (C=O) groups excluding carboxylic acids is 1. The predicted octanol–water partition coefficient (Wildman–Crippen LogP) is 3.89. The molecule has 1 aromatic carbocycles. The Balaban J connectivity index is 1.66. The van der Waals surface area contributed by atoms with E-state index in [0.717, 1.165) is 48.3 Å². The van der Waals surface area contributed by atoms with Crippen molar-refractivity contribution in [3.63, 3.8) is 0 Å². The van der Waals surface area contributed by atoms with E-state index >= 15 is 0 Å². The van der Waals surface area contributed by atoms with Crippen LogP contribution >= 0.6 is 0 Å². The van der Waals surface area contributed by atoms with Crippen LogP contribution in [-0.2, 0) is 11.2 Å². The lowest BCUT2D eigenvalue weighted by Gasteiger charge is -2.26. The van der Waals surface area contributed by atoms with Gasteiger partial charge in [0.25, 0.3) is 0 Å². The first-order chi connectivity index (χ1) is 12.0. The third kappa shape index (κ3) is 3.91. The number of aromatic nitrogens is 2. The molecule has 0 unspecified atom stereocenters. The SMILES string of the molecule is Cc1n[nH]c(C)c1[C@@H](C)CC(=O)N1CCC[C@H]1Cc1cccc(F)c1. The minimum absolute atomic E-state index is 0.140. The molecule has 0 spiro atoms. The van der Waals surface area contributed by atoms with Gasteiger partial charge in [-0.05, 0) is 62.3 Å². The second kappa shape index (κ2) is 7.38. The van der Waals surface area contributed by atoms with Gasteiger partial charge in [0.15, 0.2) is 0 Å². The summed E-state index contributed by atoms with van der Waals surface area (Å²) >= 11 is 0. The zero-order valence-electron chi connectivity index (χ0n) is 15.2. The first-order valence-electron chi connectivity index (χ1n) is 9.01. The van der Waals surface area contributed by atoms with Gasteiger partial charge in [0.2, 0.25) is 5.91 Å². The van der Waals surface area contributed by atoms with Crippen LogP contribution in [0, 0.1) is 19.7 Å². The standard InChI is InChI=1S/C20H26FN3O/c1-13(20-14(2)22-23-15(20)3)10-19(25)24-9-5-8-18(24)12-16-6-4-7-17(21)11-16/h4,6-7,11,13,18H,5,8-10,12H2,1-3H3,(H,22,23)/t13-,18-/m0/s1. The van der Waals surface area contributed by atoms with Crippen molar-refractivity contribution in [2.75, 3.05) is 6.54 Å². The molecule has 4 nitrogen and oxygen atoms in total. The van der Waals surface area contributed by atoms with Crippen LogP contribution < -0.4 is 0 Å². The van der Waals surface area contributed by atoms with Crippen molar-refractivity contribution in [1.29, 1.82) is 0 Å². The summed E-state index contributed by atoms with van der Waals surface area (Å²) in [6.45, 7) is 6.86. The largest absolute Gasteiger partial charge is 0.339 e. The first kappa shape index (κ1) is 17.6. The Morgan fingerprint density at radius 1 is 1.44 bits per heavy atom. The number of H-pyrrole nitrogens is 1. The molecular formula is C20H26FN3O. The van der Waals surface area contributed by atoms with Crippen molar-refractivity contribution in [3.05, 3.63) is 52.6 Å². The van der Waals surface area contributed by atoms with Gasteiger partial charge in [-0.25, -0.2) is 4.39 Å². The zero-order chi connectivity index (χ0) is 18.0. The normalized spacial score (nSPS) is 18.6. The molecule has 1 saturated heterocycles. The Kier molecular flexibility index (Phi) is 5.21. The predicted molar refractivity (Wildman–Crippen MR) is 95.9 cm³/mol. The maximum absolute atomic E-state index is 13.4. The summed E-state index contributed by atoms with van der Waals surface area (Å²) in [4.78, 5) is 14.9. The lowest BCUT2D eigenvalue weighted by Crippen LogP contribution is -2.37. The molecule has 1 aliphatic rings. The second-order valence-electron chi connectivity index (χ2n) is 7.17. The Hall–Kier alpha value is -2.17. The molecule has 2 aromatic rings. The fourth-order valence-corrected chi connectivity index (χ4v) is 4.08. The van der Waals surface area contributed by atoms with Gasteiger partial charge >= 0.3 is 0 Å². The van der Waals surface area contributed by atoms with Crippen LogP contribution in [0.5, 0.6) is 0 Å². The number of aromatic amines is 1. The number of nitrogens with one attached hydrogen (secondary N) is 1. The van der Waals surface area contributed by atoms with E-state index in [2.05, 4.69) is 17.1 Å². The molecule has 2 atom stereocenters. The van der Waals surface area contributed by atoms with E-state index < -0.39 is 0 Å². The van der Waals surface area contributed by atoms with Crippen molar-refractivity contribution in [2.45, 2.75) is 58.4 Å². The highest BCUT2D eigenvalue weighted by Crippen LogP contribution is 2.28. The Labute approximate surface area is 148 Å². The van der Waals surface area contributed by atoms with Crippen LogP contribution in [0.4, 0.5) is 4.39 Å². The molecule has 134 valence electrons. The summed E-state index contributed by atoms with van der Waals surface area (Å²) in [5.41, 5.74) is 4.11. The van der Waals surface area contributed by atoms with Crippen LogP contribution in [0.3, 0.4) is 0 Å². The van der Waals surface area contributed by atoms with Gasteiger partial charge in [0.1, 0.15) is 5.82 Å². The van der Waals surface area contributed by atoms with E-state index in [1.165, 1.54) is 6.07 Å². The number of rotatable bonds is 5. The van der Waals surface area contributed by atoms with Crippen molar-refractivity contribution in [3.8, 4) is 0 Å². The number of benzene rings is 1. The summed E-state index contributed by atoms with van der Waals surface area (Å²) in [6, 6.07) is 6.87. The quantitative estimate of drug-likeness (QED) is 0.895. The highest BCUT2D eigenvalue weighted by Gasteiger charge is 2.30. The van der Waals surface area contributed by atoms with Crippen LogP contribution in [-0.4, -0.2) is 33.6 Å². The molecular weight excluding hydrogens is 317 g/mol. The molecule has 0 aliphatic carbocycles. The molecule has 3 rings (SSSR count). The first-order valence-corrected chi connectivity index (χ1v) is 9.01. The van der Waals surface area contributed by atoms with E-state index in [4.69, 9.17) is 0 Å². The molecule has 1 aromatic heterocycles. The molecule has 0 saturated carbocycles.